The molecule has 0 aromatic carbocycles. The van der Waals surface area contributed by atoms with Gasteiger partial charge in [-0.3, -0.25) is 4.79 Å². The van der Waals surface area contributed by atoms with Gasteiger partial charge in [0.05, 0.1) is 0 Å². The molecule has 4 heteroatoms. The highest BCUT2D eigenvalue weighted by Gasteiger charge is 2.50. The largest absolute Gasteiger partial charge is 0.480 e. The minimum Gasteiger partial charge on any atom is -0.480 e. The fourth-order valence-corrected chi connectivity index (χ4v) is 3.54. The molecule has 0 bridgehead atoms. The standard InChI is InChI=1S/C13H19NO3/c15-12(8-5-6-8)14-10-4-2-1-3-9(10)7-11(14)13(16)17/h8-11H,1-7H2,(H,16,17). The SMILES string of the molecule is O=C(O)C1CC2CCCCC2N1C(=O)C1CC1. The van der Waals surface area contributed by atoms with Crippen LogP contribution < -0.4 is 0 Å². The molecule has 3 atom stereocenters. The molecule has 1 saturated heterocycles. The Morgan fingerprint density at radius 3 is 2.41 bits per heavy atom. The van der Waals surface area contributed by atoms with E-state index in [1.807, 2.05) is 0 Å². The number of nitrogens with zero attached hydrogens (tertiary/aromatic N) is 1. The predicted molar refractivity (Wildman–Crippen MR) is 61.4 cm³/mol. The van der Waals surface area contributed by atoms with Crippen LogP contribution in [0.4, 0.5) is 0 Å². The van der Waals surface area contributed by atoms with Crippen LogP contribution in [0.5, 0.6) is 0 Å². The molecule has 94 valence electrons. The fraction of sp³-hybridized carbons (Fsp3) is 0.846. The van der Waals surface area contributed by atoms with Crippen molar-refractivity contribution in [1.29, 1.82) is 0 Å². The molecule has 0 spiro atoms. The summed E-state index contributed by atoms with van der Waals surface area (Å²) in [6.45, 7) is 0. The van der Waals surface area contributed by atoms with Crippen molar-refractivity contribution in [3.05, 3.63) is 0 Å². The van der Waals surface area contributed by atoms with Crippen LogP contribution in [0.15, 0.2) is 0 Å². The fourth-order valence-electron chi connectivity index (χ4n) is 3.54. The van der Waals surface area contributed by atoms with E-state index in [2.05, 4.69) is 0 Å². The number of carbonyl (C=O) groups is 2. The number of fused-ring (bicyclic) bond motifs is 1. The lowest BCUT2D eigenvalue weighted by atomic mass is 9.84. The Bertz CT molecular complexity index is 351. The first-order valence-corrected chi connectivity index (χ1v) is 6.73. The Labute approximate surface area is 101 Å². The van der Waals surface area contributed by atoms with Gasteiger partial charge in [-0.2, -0.15) is 0 Å². The summed E-state index contributed by atoms with van der Waals surface area (Å²) in [6, 6.07) is -0.325. The van der Waals surface area contributed by atoms with Gasteiger partial charge in [-0.05, 0) is 38.0 Å². The predicted octanol–water partition coefficient (Wildman–Crippen LogP) is 1.64. The first kappa shape index (κ1) is 11.1. The lowest BCUT2D eigenvalue weighted by molar-refractivity contribution is -0.150. The summed E-state index contributed by atoms with van der Waals surface area (Å²) in [4.78, 5) is 25.3. The van der Waals surface area contributed by atoms with Gasteiger partial charge in [0.1, 0.15) is 6.04 Å². The van der Waals surface area contributed by atoms with Crippen LogP contribution in [-0.2, 0) is 9.59 Å². The topological polar surface area (TPSA) is 57.6 Å². The van der Waals surface area contributed by atoms with Crippen LogP contribution in [0.2, 0.25) is 0 Å². The maximum Gasteiger partial charge on any atom is 0.326 e. The molecule has 1 amide bonds. The van der Waals surface area contributed by atoms with E-state index in [4.69, 9.17) is 0 Å². The van der Waals surface area contributed by atoms with E-state index < -0.39 is 12.0 Å². The van der Waals surface area contributed by atoms with Gasteiger partial charge < -0.3 is 10.0 Å². The van der Waals surface area contributed by atoms with Gasteiger partial charge in [0.2, 0.25) is 5.91 Å². The highest BCUT2D eigenvalue weighted by atomic mass is 16.4. The molecule has 0 radical (unpaired) electrons. The van der Waals surface area contributed by atoms with Crippen molar-refractivity contribution in [2.45, 2.75) is 57.0 Å². The summed E-state index contributed by atoms with van der Waals surface area (Å²) >= 11 is 0. The number of carboxylic acids is 1. The van der Waals surface area contributed by atoms with Crippen LogP contribution in [-0.4, -0.2) is 34.0 Å². The number of likely N-dealkylation sites (tertiary alicyclic amines) is 1. The molecule has 3 rings (SSSR count). The first-order chi connectivity index (χ1) is 8.18. The first-order valence-electron chi connectivity index (χ1n) is 6.73. The summed E-state index contributed by atoms with van der Waals surface area (Å²) < 4.78 is 0. The summed E-state index contributed by atoms with van der Waals surface area (Å²) in [5.41, 5.74) is 0. The van der Waals surface area contributed by atoms with Gasteiger partial charge in [-0.15, -0.1) is 0 Å². The van der Waals surface area contributed by atoms with Crippen LogP contribution in [0.25, 0.3) is 0 Å². The van der Waals surface area contributed by atoms with Gasteiger partial charge in [0, 0.05) is 12.0 Å². The Morgan fingerprint density at radius 1 is 1.06 bits per heavy atom. The minimum absolute atomic E-state index is 0.117. The molecule has 0 aromatic rings. The van der Waals surface area contributed by atoms with Crippen molar-refractivity contribution in [2.75, 3.05) is 0 Å². The van der Waals surface area contributed by atoms with E-state index in [1.165, 1.54) is 6.42 Å². The van der Waals surface area contributed by atoms with Crippen molar-refractivity contribution in [2.24, 2.45) is 11.8 Å². The number of hydrogen-bond donors (Lipinski definition) is 1. The summed E-state index contributed by atoms with van der Waals surface area (Å²) in [7, 11) is 0. The normalized spacial score (nSPS) is 36.7. The molecular weight excluding hydrogens is 218 g/mol. The molecule has 1 aliphatic heterocycles. The van der Waals surface area contributed by atoms with Gasteiger partial charge in [0.15, 0.2) is 0 Å². The summed E-state index contributed by atoms with van der Waals surface area (Å²) in [6.07, 6.45) is 7.04. The molecule has 3 unspecified atom stereocenters. The van der Waals surface area contributed by atoms with E-state index >= 15 is 0 Å². The Balaban J connectivity index is 1.83. The summed E-state index contributed by atoms with van der Waals surface area (Å²) in [5.74, 6) is -0.120. The molecule has 3 aliphatic rings. The average Bonchev–Trinajstić information content (AvgIpc) is 3.08. The number of aliphatic carboxylic acids is 1. The van der Waals surface area contributed by atoms with E-state index in [9.17, 15) is 14.7 Å². The number of carboxylic acid groups (broad SMARTS) is 1. The average molecular weight is 237 g/mol. The molecule has 3 fully saturated rings. The second-order valence-corrected chi connectivity index (χ2v) is 5.72. The highest BCUT2D eigenvalue weighted by molar-refractivity contribution is 5.87. The maximum atomic E-state index is 12.2. The molecular formula is C13H19NO3. The third kappa shape index (κ3) is 1.83. The van der Waals surface area contributed by atoms with Gasteiger partial charge in [-0.1, -0.05) is 12.8 Å². The number of rotatable bonds is 2. The molecule has 17 heavy (non-hydrogen) atoms. The maximum absolute atomic E-state index is 12.2. The number of hydrogen-bond acceptors (Lipinski definition) is 2. The van der Waals surface area contributed by atoms with Gasteiger partial charge in [-0.25, -0.2) is 4.79 Å². The third-order valence-corrected chi connectivity index (χ3v) is 4.55. The lowest BCUT2D eigenvalue weighted by Crippen LogP contribution is -2.46. The van der Waals surface area contributed by atoms with Crippen molar-refractivity contribution in [3.63, 3.8) is 0 Å². The molecule has 0 aromatic heterocycles. The van der Waals surface area contributed by atoms with E-state index in [0.29, 0.717) is 12.3 Å². The van der Waals surface area contributed by atoms with Gasteiger partial charge in [0.25, 0.3) is 0 Å². The van der Waals surface area contributed by atoms with Crippen molar-refractivity contribution in [3.8, 4) is 0 Å². The van der Waals surface area contributed by atoms with Crippen molar-refractivity contribution < 1.29 is 14.7 Å². The molecule has 4 nitrogen and oxygen atoms in total. The van der Waals surface area contributed by atoms with E-state index in [-0.39, 0.29) is 17.9 Å². The number of amides is 1. The summed E-state index contributed by atoms with van der Waals surface area (Å²) in [5, 5.41) is 9.29. The van der Waals surface area contributed by atoms with Crippen LogP contribution in [0, 0.1) is 11.8 Å². The lowest BCUT2D eigenvalue weighted by Gasteiger charge is -2.33. The molecule has 2 saturated carbocycles. The van der Waals surface area contributed by atoms with Gasteiger partial charge >= 0.3 is 5.97 Å². The van der Waals surface area contributed by atoms with Crippen molar-refractivity contribution in [1.82, 2.24) is 4.90 Å². The zero-order valence-corrected chi connectivity index (χ0v) is 9.97. The molecule has 1 heterocycles. The Kier molecular flexibility index (Phi) is 2.60. The van der Waals surface area contributed by atoms with E-state index in [0.717, 1.165) is 32.1 Å². The zero-order valence-electron chi connectivity index (χ0n) is 9.97. The Hall–Kier alpha value is -1.06. The smallest absolute Gasteiger partial charge is 0.326 e. The van der Waals surface area contributed by atoms with E-state index in [1.54, 1.807) is 4.90 Å². The third-order valence-electron chi connectivity index (χ3n) is 4.55. The minimum atomic E-state index is -0.812. The van der Waals surface area contributed by atoms with Crippen LogP contribution in [0.1, 0.15) is 44.9 Å². The highest BCUT2D eigenvalue weighted by Crippen LogP contribution is 2.43. The zero-order chi connectivity index (χ0) is 12.0. The second kappa shape index (κ2) is 4.00. The second-order valence-electron chi connectivity index (χ2n) is 5.72. The Morgan fingerprint density at radius 2 is 1.76 bits per heavy atom. The van der Waals surface area contributed by atoms with Crippen molar-refractivity contribution >= 4 is 11.9 Å². The van der Waals surface area contributed by atoms with Crippen LogP contribution >= 0.6 is 0 Å². The van der Waals surface area contributed by atoms with Crippen LogP contribution in [0.3, 0.4) is 0 Å². The molecule has 1 N–H and O–H groups in total. The quantitative estimate of drug-likeness (QED) is 0.794. The molecule has 2 aliphatic carbocycles. The number of carbonyl (C=O) groups excluding carboxylic acids is 1. The monoisotopic (exact) mass is 237 g/mol.